The summed E-state index contributed by atoms with van der Waals surface area (Å²) in [6, 6.07) is 27.9. The van der Waals surface area contributed by atoms with Gasteiger partial charge in [-0.1, -0.05) is 78.9 Å². The molecule has 0 unspecified atom stereocenters. The Balaban J connectivity index is 1.52. The summed E-state index contributed by atoms with van der Waals surface area (Å²) in [5.41, 5.74) is 11.7. The lowest BCUT2D eigenvalue weighted by molar-refractivity contribution is 0.0682. The van der Waals surface area contributed by atoms with Crippen LogP contribution in [-0.2, 0) is 19.4 Å². The van der Waals surface area contributed by atoms with Crippen molar-refractivity contribution in [2.24, 2.45) is 5.73 Å². The van der Waals surface area contributed by atoms with Crippen molar-refractivity contribution in [3.63, 3.8) is 0 Å². The van der Waals surface area contributed by atoms with Gasteiger partial charge in [-0.25, -0.2) is 0 Å². The number of carbonyl (C=O) groups is 1. The number of benzene rings is 3. The molecule has 1 aliphatic heterocycles. The van der Waals surface area contributed by atoms with Crippen LogP contribution in [0.3, 0.4) is 0 Å². The van der Waals surface area contributed by atoms with E-state index < -0.39 is 0 Å². The van der Waals surface area contributed by atoms with E-state index in [1.54, 1.807) is 11.1 Å². The molecule has 1 aliphatic carbocycles. The molecule has 3 aromatic carbocycles. The molecule has 1 aromatic heterocycles. The van der Waals surface area contributed by atoms with Crippen molar-refractivity contribution in [3.05, 3.63) is 135 Å². The molecule has 2 heterocycles. The number of amides is 1. The molecule has 192 valence electrons. The number of carbonyl (C=O) groups excluding carboxylic acids is 1. The van der Waals surface area contributed by atoms with Crippen LogP contribution in [0.4, 0.5) is 0 Å². The first-order valence-corrected chi connectivity index (χ1v) is 13.0. The highest BCUT2D eigenvalue weighted by Crippen LogP contribution is 2.38. The Hall–Kier alpha value is -4.36. The third-order valence-corrected chi connectivity index (χ3v) is 7.40. The molecule has 7 heteroatoms. The minimum Gasteiger partial charge on any atom is -0.482 e. The number of fused-ring (bicyclic) bond motifs is 3. The van der Waals surface area contributed by atoms with Gasteiger partial charge in [0.05, 0.1) is 6.04 Å². The second-order valence-electron chi connectivity index (χ2n) is 9.71. The zero-order valence-corrected chi connectivity index (χ0v) is 21.1. The Labute approximate surface area is 221 Å². The fourth-order valence-corrected chi connectivity index (χ4v) is 5.59. The van der Waals surface area contributed by atoms with Crippen molar-refractivity contribution in [1.29, 1.82) is 0 Å². The van der Waals surface area contributed by atoms with Gasteiger partial charge in [-0.3, -0.25) is 19.3 Å². The lowest BCUT2D eigenvalue weighted by atomic mass is 9.94. The number of aryl methyl sites for hydroxylation is 2. The average Bonchev–Trinajstić information content (AvgIpc) is 3.12. The van der Waals surface area contributed by atoms with Gasteiger partial charge >= 0.3 is 0 Å². The van der Waals surface area contributed by atoms with E-state index in [4.69, 9.17) is 10.5 Å². The Bertz CT molecular complexity index is 1480. The minimum atomic E-state index is -0.322. The number of nitrogens with two attached hydrogens (primary N) is 1. The summed E-state index contributed by atoms with van der Waals surface area (Å²) < 4.78 is 7.90. The van der Waals surface area contributed by atoms with Crippen molar-refractivity contribution < 1.29 is 9.53 Å². The van der Waals surface area contributed by atoms with E-state index in [2.05, 4.69) is 53.5 Å². The lowest BCUT2D eigenvalue weighted by Gasteiger charge is -2.44. The fraction of sp³-hybridized carbons (Fsp3) is 0.226. The van der Waals surface area contributed by atoms with E-state index in [9.17, 15) is 9.59 Å². The maximum Gasteiger partial charge on any atom is 0.277 e. The van der Waals surface area contributed by atoms with Gasteiger partial charge in [0.25, 0.3) is 5.91 Å². The monoisotopic (exact) mass is 506 g/mol. The Kier molecular flexibility index (Phi) is 6.43. The van der Waals surface area contributed by atoms with E-state index in [1.165, 1.54) is 28.3 Å². The van der Waals surface area contributed by atoms with Crippen LogP contribution in [-0.4, -0.2) is 35.2 Å². The normalized spacial score (nSPS) is 14.9. The largest absolute Gasteiger partial charge is 0.482 e. The van der Waals surface area contributed by atoms with E-state index in [0.717, 1.165) is 18.4 Å². The molecule has 2 aliphatic rings. The summed E-state index contributed by atoms with van der Waals surface area (Å²) >= 11 is 0. The van der Waals surface area contributed by atoms with Crippen LogP contribution >= 0.6 is 0 Å². The van der Waals surface area contributed by atoms with Crippen molar-refractivity contribution in [3.8, 4) is 5.75 Å². The number of hydrogen-bond acceptors (Lipinski definition) is 5. The molecular weight excluding hydrogens is 476 g/mol. The minimum absolute atomic E-state index is 0.0586. The fourth-order valence-electron chi connectivity index (χ4n) is 5.59. The molecule has 1 amide bonds. The quantitative estimate of drug-likeness (QED) is 0.432. The Morgan fingerprint density at radius 3 is 2.11 bits per heavy atom. The molecule has 0 bridgehead atoms. The van der Waals surface area contributed by atoms with Gasteiger partial charge in [0, 0.05) is 25.4 Å². The third-order valence-electron chi connectivity index (χ3n) is 7.40. The Morgan fingerprint density at radius 1 is 0.816 bits per heavy atom. The summed E-state index contributed by atoms with van der Waals surface area (Å²) in [6.45, 7) is 1.20. The second kappa shape index (κ2) is 10.2. The predicted octanol–water partition coefficient (Wildman–Crippen LogP) is 3.63. The van der Waals surface area contributed by atoms with Crippen LogP contribution in [0.2, 0.25) is 0 Å². The zero-order valence-electron chi connectivity index (χ0n) is 21.1. The first kappa shape index (κ1) is 24.0. The highest BCUT2D eigenvalue weighted by molar-refractivity contribution is 5.96. The van der Waals surface area contributed by atoms with Gasteiger partial charge in [-0.05, 0) is 40.7 Å². The maximum atomic E-state index is 13.8. The van der Waals surface area contributed by atoms with Crippen LogP contribution in [0.15, 0.2) is 95.9 Å². The third kappa shape index (κ3) is 4.25. The summed E-state index contributed by atoms with van der Waals surface area (Å²) in [5, 5.41) is 2.16. The number of rotatable bonds is 6. The molecule has 0 spiro atoms. The maximum absolute atomic E-state index is 13.8. The van der Waals surface area contributed by atoms with E-state index >= 15 is 0 Å². The Morgan fingerprint density at radius 2 is 1.45 bits per heavy atom. The predicted molar refractivity (Wildman–Crippen MR) is 147 cm³/mol. The number of hydrogen-bond donors (Lipinski definition) is 1. The van der Waals surface area contributed by atoms with E-state index in [0.29, 0.717) is 19.8 Å². The zero-order chi connectivity index (χ0) is 26.1. The number of ether oxygens (including phenoxy) is 1. The first-order valence-electron chi connectivity index (χ1n) is 13.0. The van der Waals surface area contributed by atoms with Gasteiger partial charge in [-0.15, -0.1) is 0 Å². The second-order valence-corrected chi connectivity index (χ2v) is 9.71. The molecule has 7 nitrogen and oxygen atoms in total. The first-order chi connectivity index (χ1) is 18.7. The standard InChI is InChI=1S/C31H30N4O3/c32-17-19-33-21-35(28-25-12-6-4-10-23(25)14-15-24-11-5-7-13-26(24)28)34-18-16-27(36)30(29(34)31(33)37)38-20-22-8-2-1-3-9-22/h1-13,16,18,28H,14-15,17,19-21,32H2. The smallest absolute Gasteiger partial charge is 0.277 e. The van der Waals surface area contributed by atoms with Crippen LogP contribution in [0.5, 0.6) is 5.75 Å². The van der Waals surface area contributed by atoms with Gasteiger partial charge in [-0.2, -0.15) is 0 Å². The van der Waals surface area contributed by atoms with E-state index in [-0.39, 0.29) is 35.4 Å². The molecular formula is C31H30N4O3. The van der Waals surface area contributed by atoms with Gasteiger partial charge in [0.1, 0.15) is 13.3 Å². The molecule has 0 saturated carbocycles. The molecule has 6 rings (SSSR count). The summed E-state index contributed by atoms with van der Waals surface area (Å²) in [6.07, 6.45) is 3.57. The van der Waals surface area contributed by atoms with E-state index in [1.807, 2.05) is 35.0 Å². The molecule has 0 atom stereocenters. The van der Waals surface area contributed by atoms with Gasteiger partial charge in [0.2, 0.25) is 5.43 Å². The number of pyridine rings is 1. The van der Waals surface area contributed by atoms with Crippen molar-refractivity contribution in [2.45, 2.75) is 25.5 Å². The van der Waals surface area contributed by atoms with Crippen molar-refractivity contribution >= 4 is 5.91 Å². The molecule has 0 saturated heterocycles. The van der Waals surface area contributed by atoms with Crippen LogP contribution in [0.1, 0.15) is 44.3 Å². The summed E-state index contributed by atoms with van der Waals surface area (Å²) in [7, 11) is 0. The lowest BCUT2D eigenvalue weighted by Crippen LogP contribution is -2.56. The number of aromatic nitrogens is 1. The average molecular weight is 507 g/mol. The highest BCUT2D eigenvalue weighted by atomic mass is 16.5. The van der Waals surface area contributed by atoms with Crippen LogP contribution < -0.4 is 20.9 Å². The summed E-state index contributed by atoms with van der Waals surface area (Å²) in [4.78, 5) is 28.6. The molecule has 0 fully saturated rings. The highest BCUT2D eigenvalue weighted by Gasteiger charge is 2.38. The number of nitrogens with zero attached hydrogens (tertiary/aromatic N) is 3. The topological polar surface area (TPSA) is 80.8 Å². The molecule has 2 N–H and O–H groups in total. The summed E-state index contributed by atoms with van der Waals surface area (Å²) in [5.74, 6) is -0.203. The molecule has 0 radical (unpaired) electrons. The SMILES string of the molecule is NCCN1CN(C2c3ccccc3CCc3ccccc32)n2ccc(=O)c(OCc3ccccc3)c2C1=O. The molecule has 38 heavy (non-hydrogen) atoms. The van der Waals surface area contributed by atoms with Crippen LogP contribution in [0, 0.1) is 0 Å². The molecule has 4 aromatic rings. The van der Waals surface area contributed by atoms with Crippen LogP contribution in [0.25, 0.3) is 0 Å². The van der Waals surface area contributed by atoms with Crippen molar-refractivity contribution in [2.75, 3.05) is 24.8 Å². The van der Waals surface area contributed by atoms with Gasteiger partial charge in [0.15, 0.2) is 11.4 Å². The van der Waals surface area contributed by atoms with Gasteiger partial charge < -0.3 is 15.4 Å². The van der Waals surface area contributed by atoms with Crippen molar-refractivity contribution in [1.82, 2.24) is 9.58 Å².